The molecule has 0 aliphatic rings. The average Bonchev–Trinajstić information content (AvgIpc) is 2.93. The number of aliphatic hydroxyl groups excluding tert-OH is 2. The van der Waals surface area contributed by atoms with E-state index in [1.54, 1.807) is 19.0 Å². The molecule has 0 aliphatic carbocycles. The highest BCUT2D eigenvalue weighted by Crippen LogP contribution is 3.02. The van der Waals surface area contributed by atoms with Gasteiger partial charge in [-0.15, -0.1) is 0 Å². The fourth-order valence-electron chi connectivity index (χ4n) is 4.87. The fraction of sp³-hybridized carbons (Fsp3) is 0.538. The molecule has 48 heavy (non-hydrogen) atoms. The van der Waals surface area contributed by atoms with Gasteiger partial charge in [0.15, 0.2) is 0 Å². The summed E-state index contributed by atoms with van der Waals surface area (Å²) < 4.78 is 63.2. The third-order valence-corrected chi connectivity index (χ3v) is 11.8. The van der Waals surface area contributed by atoms with Crippen molar-refractivity contribution < 1.29 is 29.6 Å². The van der Waals surface area contributed by atoms with E-state index in [4.69, 9.17) is 5.11 Å². The summed E-state index contributed by atoms with van der Waals surface area (Å²) in [6.07, 6.45) is 0. The second-order valence-electron chi connectivity index (χ2n) is 14.4. The first kappa shape index (κ1) is 47.9. The molecule has 0 saturated carbocycles. The third kappa shape index (κ3) is 15.6. The minimum atomic E-state index is -9.65. The van der Waals surface area contributed by atoms with E-state index in [1.165, 1.54) is 22.8 Å². The van der Waals surface area contributed by atoms with Crippen molar-refractivity contribution in [2.45, 2.75) is 113 Å². The lowest BCUT2D eigenvalue weighted by Gasteiger charge is -2.41. The number of rotatable bonds is 10. The maximum Gasteiger partial charge on any atom is 0.310 e. The topological polar surface area (TPSA) is 40.5 Å². The van der Waals surface area contributed by atoms with Gasteiger partial charge in [-0.2, -0.15) is 0 Å². The molecular formula is C39H65F5O2SSi. The van der Waals surface area contributed by atoms with E-state index >= 15 is 0 Å². The molecule has 0 saturated heterocycles. The Morgan fingerprint density at radius 3 is 1.35 bits per heavy atom. The van der Waals surface area contributed by atoms with Crippen molar-refractivity contribution in [1.29, 1.82) is 0 Å². The van der Waals surface area contributed by atoms with Crippen molar-refractivity contribution in [2.75, 3.05) is 13.2 Å². The first-order chi connectivity index (χ1) is 20.8. The third-order valence-electron chi connectivity index (χ3n) is 8.54. The van der Waals surface area contributed by atoms with Crippen molar-refractivity contribution in [2.24, 2.45) is 17.8 Å². The van der Waals surface area contributed by atoms with Gasteiger partial charge >= 0.3 is 10.2 Å². The van der Waals surface area contributed by atoms with Crippen LogP contribution in [0.4, 0.5) is 19.4 Å². The molecule has 3 rings (SSSR count). The van der Waals surface area contributed by atoms with E-state index in [9.17, 15) is 24.5 Å². The van der Waals surface area contributed by atoms with Crippen LogP contribution >= 0.6 is 10.2 Å². The zero-order chi connectivity index (χ0) is 35.7. The molecule has 3 atom stereocenters. The molecule has 0 aliphatic heterocycles. The molecule has 0 radical (unpaired) electrons. The van der Waals surface area contributed by atoms with Crippen LogP contribution in [0.5, 0.6) is 0 Å². The largest absolute Gasteiger partial charge is 0.396 e. The molecule has 3 aromatic carbocycles. The van der Waals surface area contributed by atoms with Crippen molar-refractivity contribution in [3.05, 3.63) is 95.1 Å². The lowest BCUT2D eigenvalue weighted by Crippen LogP contribution is -2.37. The van der Waals surface area contributed by atoms with Crippen molar-refractivity contribution in [3.63, 3.8) is 0 Å². The second kappa shape index (κ2) is 18.2. The Morgan fingerprint density at radius 2 is 1.00 bits per heavy atom. The van der Waals surface area contributed by atoms with Crippen LogP contribution in [0.1, 0.15) is 103 Å². The number of hydrogen-bond donors (Lipinski definition) is 2. The Bertz CT molecular complexity index is 1340. The molecule has 3 unspecified atom stereocenters. The smallest absolute Gasteiger partial charge is 0.310 e. The summed E-state index contributed by atoms with van der Waals surface area (Å²) in [4.78, 5) is -1.91. The second-order valence-corrected chi connectivity index (χ2v) is 21.9. The van der Waals surface area contributed by atoms with Gasteiger partial charge in [0, 0.05) is 11.8 Å². The van der Waals surface area contributed by atoms with Crippen LogP contribution in [-0.4, -0.2) is 31.5 Å². The summed E-state index contributed by atoms with van der Waals surface area (Å²) in [5.41, 5.74) is 4.05. The summed E-state index contributed by atoms with van der Waals surface area (Å²) >= 11 is 0. The maximum atomic E-state index is 12.6. The van der Waals surface area contributed by atoms with Crippen LogP contribution in [0.3, 0.4) is 0 Å². The molecule has 0 heterocycles. The van der Waals surface area contributed by atoms with Crippen LogP contribution in [0.2, 0.25) is 19.6 Å². The summed E-state index contributed by atoms with van der Waals surface area (Å²) in [6.45, 7) is 23.7. The molecule has 0 spiro atoms. The van der Waals surface area contributed by atoms with Crippen LogP contribution in [0.15, 0.2) is 77.7 Å². The molecule has 9 heteroatoms. The Morgan fingerprint density at radius 1 is 0.583 bits per heavy atom. The minimum Gasteiger partial charge on any atom is -0.396 e. The monoisotopic (exact) mass is 720 g/mol. The van der Waals surface area contributed by atoms with Crippen LogP contribution in [-0.2, 0) is 0 Å². The quantitative estimate of drug-likeness (QED) is 0.162. The lowest BCUT2D eigenvalue weighted by atomic mass is 9.89. The van der Waals surface area contributed by atoms with Crippen LogP contribution in [0, 0.1) is 24.7 Å². The first-order valence-electron chi connectivity index (χ1n) is 16.0. The SMILES string of the molecule is C.C.CC(C)C(C)c1ccc([Si](C)(C)C)cc1.CC(C)C(CO)c1cccc(S(F)(F)(F)(F)F)c1.Cc1ccc(C(CO)C(C)C)cc1. The van der Waals surface area contributed by atoms with E-state index in [-0.39, 0.29) is 45.5 Å². The summed E-state index contributed by atoms with van der Waals surface area (Å²) in [5, 5.41) is 19.9. The van der Waals surface area contributed by atoms with Crippen LogP contribution in [0.25, 0.3) is 0 Å². The standard InChI is InChI=1S/C14H24Si.C12H18O.C11H15F5OS.2CH4/c1-11(2)12(3)13-7-9-14(10-8-13)15(4,5)6;1-9(2)12(8-13)11-6-4-10(3)5-7-11;1-8(2)11(7-17)9-4-3-5-10(6-9)18(12,13,14,15)16;;/h7-12H,1-6H3;4-7,9,12-13H,8H2,1-3H3;3-6,8,11,17H,7H2,1-2H3;2*1H4. The number of halogens is 5. The highest BCUT2D eigenvalue weighted by molar-refractivity contribution is 8.45. The number of aryl methyl sites for hydroxylation is 1. The summed E-state index contributed by atoms with van der Waals surface area (Å²) in [5.74, 6) is 1.42. The van der Waals surface area contributed by atoms with Gasteiger partial charge in [0.25, 0.3) is 0 Å². The van der Waals surface area contributed by atoms with Gasteiger partial charge in [0.1, 0.15) is 4.90 Å². The van der Waals surface area contributed by atoms with Crippen LogP contribution < -0.4 is 5.19 Å². The van der Waals surface area contributed by atoms with E-state index in [2.05, 4.69) is 110 Å². The highest BCUT2D eigenvalue weighted by atomic mass is 32.5. The zero-order valence-electron chi connectivity index (χ0n) is 29.5. The predicted octanol–water partition coefficient (Wildman–Crippen LogP) is 13.1. The molecule has 0 aromatic heterocycles. The predicted molar refractivity (Wildman–Crippen MR) is 204 cm³/mol. The van der Waals surface area contributed by atoms with Gasteiger partial charge in [0.2, 0.25) is 0 Å². The molecule has 3 aromatic rings. The van der Waals surface area contributed by atoms with E-state index in [0.717, 1.165) is 12.0 Å². The lowest BCUT2D eigenvalue weighted by molar-refractivity contribution is 0.237. The molecule has 2 nitrogen and oxygen atoms in total. The molecular weight excluding hydrogens is 656 g/mol. The first-order valence-corrected chi connectivity index (χ1v) is 21.5. The maximum absolute atomic E-state index is 12.6. The van der Waals surface area contributed by atoms with Gasteiger partial charge in [-0.25, -0.2) is 0 Å². The van der Waals surface area contributed by atoms with Gasteiger partial charge in [-0.3, -0.25) is 0 Å². The van der Waals surface area contributed by atoms with Crippen molar-refractivity contribution in [3.8, 4) is 0 Å². The van der Waals surface area contributed by atoms with E-state index < -0.39 is 29.1 Å². The number of aliphatic hydroxyl groups is 2. The van der Waals surface area contributed by atoms with Crippen molar-refractivity contribution in [1.82, 2.24) is 0 Å². The number of benzene rings is 3. The molecule has 0 amide bonds. The van der Waals surface area contributed by atoms with E-state index in [1.807, 2.05) is 0 Å². The average molecular weight is 721 g/mol. The molecule has 0 fully saturated rings. The Hall–Kier alpha value is -2.20. The normalized spacial score (nSPS) is 14.9. The minimum absolute atomic E-state index is 0. The van der Waals surface area contributed by atoms with Gasteiger partial charge in [-0.1, -0.05) is 174 Å². The molecule has 2 N–H and O–H groups in total. The van der Waals surface area contributed by atoms with Gasteiger partial charge in [-0.05, 0) is 59.4 Å². The van der Waals surface area contributed by atoms with E-state index in [0.29, 0.717) is 24.0 Å². The van der Waals surface area contributed by atoms with Gasteiger partial charge < -0.3 is 10.2 Å². The van der Waals surface area contributed by atoms with Crippen molar-refractivity contribution >= 4 is 23.5 Å². The fourth-order valence-corrected chi connectivity index (χ4v) is 6.73. The number of hydrogen-bond acceptors (Lipinski definition) is 2. The zero-order valence-corrected chi connectivity index (χ0v) is 31.3. The summed E-state index contributed by atoms with van der Waals surface area (Å²) in [6, 6.07) is 20.8. The molecule has 278 valence electrons. The summed E-state index contributed by atoms with van der Waals surface area (Å²) in [7, 11) is -10.8. The Kier molecular flexibility index (Phi) is 18.1. The Labute approximate surface area is 291 Å². The highest BCUT2D eigenvalue weighted by Gasteiger charge is 2.65. The molecule has 0 bridgehead atoms. The Balaban J connectivity index is 0. The van der Waals surface area contributed by atoms with Gasteiger partial charge in [0.05, 0.1) is 21.3 Å².